The van der Waals surface area contributed by atoms with Gasteiger partial charge in [-0.25, -0.2) is 13.2 Å². The van der Waals surface area contributed by atoms with Gasteiger partial charge in [0.05, 0.1) is 0 Å². The lowest BCUT2D eigenvalue weighted by atomic mass is 9.77. The second-order valence-corrected chi connectivity index (χ2v) is 4.34. The average Bonchev–Trinajstić information content (AvgIpc) is 2.20. The van der Waals surface area contributed by atoms with Crippen molar-refractivity contribution in [2.24, 2.45) is 11.8 Å². The Balaban J connectivity index is 2.51. The minimum atomic E-state index is -1.65. The van der Waals surface area contributed by atoms with Crippen LogP contribution in [-0.4, -0.2) is 6.17 Å². The zero-order valence-corrected chi connectivity index (χ0v) is 8.73. The molecule has 0 bridgehead atoms. The molecule has 2 aliphatic carbocycles. The van der Waals surface area contributed by atoms with Crippen LogP contribution in [0.2, 0.25) is 0 Å². The Morgan fingerprint density at radius 3 is 2.67 bits per heavy atom. The topological polar surface area (TPSA) is 0 Å². The predicted octanol–water partition coefficient (Wildman–Crippen LogP) is 4.02. The maximum atomic E-state index is 13.6. The van der Waals surface area contributed by atoms with Crippen molar-refractivity contribution in [3.05, 3.63) is 35.0 Å². The molecule has 3 heteroatoms. The molecule has 3 unspecified atom stereocenters. The third kappa shape index (κ3) is 1.54. The molecule has 0 aliphatic heterocycles. The van der Waals surface area contributed by atoms with E-state index in [1.54, 1.807) is 26.0 Å². The Bertz CT molecular complexity index is 376. The summed E-state index contributed by atoms with van der Waals surface area (Å²) in [5.74, 6) is -2.18. The van der Waals surface area contributed by atoms with E-state index in [1.807, 2.05) is 0 Å². The van der Waals surface area contributed by atoms with Gasteiger partial charge in [0.1, 0.15) is 11.7 Å². The Morgan fingerprint density at radius 2 is 2.00 bits per heavy atom. The molecule has 0 radical (unpaired) electrons. The van der Waals surface area contributed by atoms with Crippen molar-refractivity contribution < 1.29 is 13.2 Å². The lowest BCUT2D eigenvalue weighted by Crippen LogP contribution is -2.27. The van der Waals surface area contributed by atoms with Gasteiger partial charge in [-0.3, -0.25) is 0 Å². The molecule has 0 amide bonds. The van der Waals surface area contributed by atoms with Crippen LogP contribution in [0.25, 0.3) is 0 Å². The maximum Gasteiger partial charge on any atom is 0.154 e. The monoisotopic (exact) mass is 214 g/mol. The summed E-state index contributed by atoms with van der Waals surface area (Å²) in [5.41, 5.74) is 0.304. The van der Waals surface area contributed by atoms with Crippen molar-refractivity contribution in [3.8, 4) is 0 Å². The number of hydrogen-bond acceptors (Lipinski definition) is 0. The summed E-state index contributed by atoms with van der Waals surface area (Å²) in [6.07, 6.45) is 2.22. The van der Waals surface area contributed by atoms with Crippen molar-refractivity contribution in [2.45, 2.75) is 26.4 Å². The van der Waals surface area contributed by atoms with Crippen LogP contribution in [-0.2, 0) is 0 Å². The minimum Gasteiger partial charge on any atom is -0.239 e. The van der Waals surface area contributed by atoms with Gasteiger partial charge in [0, 0.05) is 11.5 Å². The Morgan fingerprint density at radius 1 is 1.33 bits per heavy atom. The lowest BCUT2D eigenvalue weighted by Gasteiger charge is -2.31. The summed E-state index contributed by atoms with van der Waals surface area (Å²) in [4.78, 5) is 0. The standard InChI is InChI=1S/C12H13F3/c1-6-3-4-8-5-7(2)11(14)12(15)9(8)10(6)13/h3-4,7-8,11H,5H2,1-2H3. The van der Waals surface area contributed by atoms with E-state index in [4.69, 9.17) is 0 Å². The van der Waals surface area contributed by atoms with Crippen molar-refractivity contribution in [3.63, 3.8) is 0 Å². The first-order valence-electron chi connectivity index (χ1n) is 5.11. The summed E-state index contributed by atoms with van der Waals surface area (Å²) in [6.45, 7) is 3.21. The highest BCUT2D eigenvalue weighted by atomic mass is 19.2. The molecule has 0 fully saturated rings. The second-order valence-electron chi connectivity index (χ2n) is 4.34. The molecule has 0 heterocycles. The Labute approximate surface area is 87.2 Å². The summed E-state index contributed by atoms with van der Waals surface area (Å²) in [6, 6.07) is 0. The number of rotatable bonds is 0. The quantitative estimate of drug-likeness (QED) is 0.571. The van der Waals surface area contributed by atoms with E-state index in [2.05, 4.69) is 0 Å². The molecule has 0 nitrogen and oxygen atoms in total. The average molecular weight is 214 g/mol. The number of allylic oxidation sites excluding steroid dienone is 6. The minimum absolute atomic E-state index is 0.0689. The van der Waals surface area contributed by atoms with Crippen molar-refractivity contribution >= 4 is 0 Å². The molecule has 0 saturated carbocycles. The van der Waals surface area contributed by atoms with E-state index in [9.17, 15) is 13.2 Å². The van der Waals surface area contributed by atoms with Crippen molar-refractivity contribution in [1.82, 2.24) is 0 Å². The highest BCUT2D eigenvalue weighted by Crippen LogP contribution is 2.43. The van der Waals surface area contributed by atoms with Gasteiger partial charge in [-0.2, -0.15) is 0 Å². The summed E-state index contributed by atoms with van der Waals surface area (Å²) < 4.78 is 40.6. The van der Waals surface area contributed by atoms with E-state index in [0.717, 1.165) is 0 Å². The fourth-order valence-electron chi connectivity index (χ4n) is 2.20. The van der Waals surface area contributed by atoms with Crippen LogP contribution >= 0.6 is 0 Å². The molecule has 0 aromatic rings. The first-order chi connectivity index (χ1) is 7.02. The molecule has 3 atom stereocenters. The molecule has 15 heavy (non-hydrogen) atoms. The maximum absolute atomic E-state index is 13.6. The first-order valence-corrected chi connectivity index (χ1v) is 5.11. The van der Waals surface area contributed by atoms with E-state index < -0.39 is 17.8 Å². The van der Waals surface area contributed by atoms with Gasteiger partial charge in [0.2, 0.25) is 0 Å². The lowest BCUT2D eigenvalue weighted by molar-refractivity contribution is 0.201. The smallest absolute Gasteiger partial charge is 0.154 e. The third-order valence-electron chi connectivity index (χ3n) is 3.16. The molecule has 82 valence electrons. The Hall–Kier alpha value is -0.990. The molecule has 0 aromatic heterocycles. The highest BCUT2D eigenvalue weighted by Gasteiger charge is 2.37. The third-order valence-corrected chi connectivity index (χ3v) is 3.16. The highest BCUT2D eigenvalue weighted by molar-refractivity contribution is 5.46. The number of alkyl halides is 1. The van der Waals surface area contributed by atoms with Gasteiger partial charge in [-0.05, 0) is 24.8 Å². The fourth-order valence-corrected chi connectivity index (χ4v) is 2.20. The van der Waals surface area contributed by atoms with Crippen LogP contribution in [0.1, 0.15) is 20.3 Å². The number of hydrogen-bond donors (Lipinski definition) is 0. The van der Waals surface area contributed by atoms with Gasteiger partial charge in [-0.15, -0.1) is 0 Å². The largest absolute Gasteiger partial charge is 0.239 e. The molecule has 0 saturated heterocycles. The van der Waals surface area contributed by atoms with Gasteiger partial charge < -0.3 is 0 Å². The van der Waals surface area contributed by atoms with Crippen LogP contribution in [0, 0.1) is 11.8 Å². The normalized spacial score (nSPS) is 35.9. The molecule has 0 aromatic carbocycles. The molecule has 0 spiro atoms. The Kier molecular flexibility index (Phi) is 2.49. The number of fused-ring (bicyclic) bond motifs is 1. The van der Waals surface area contributed by atoms with E-state index in [-0.39, 0.29) is 17.4 Å². The zero-order valence-electron chi connectivity index (χ0n) is 8.73. The zero-order chi connectivity index (χ0) is 11.2. The molecular weight excluding hydrogens is 201 g/mol. The molecular formula is C12H13F3. The molecule has 2 rings (SSSR count). The van der Waals surface area contributed by atoms with Crippen LogP contribution < -0.4 is 0 Å². The van der Waals surface area contributed by atoms with Crippen LogP contribution in [0.4, 0.5) is 13.2 Å². The number of halogens is 3. The first kappa shape index (κ1) is 10.5. The summed E-state index contributed by atoms with van der Waals surface area (Å²) in [5, 5.41) is 0. The van der Waals surface area contributed by atoms with Gasteiger partial charge in [-0.1, -0.05) is 19.1 Å². The van der Waals surface area contributed by atoms with E-state index in [1.165, 1.54) is 0 Å². The van der Waals surface area contributed by atoms with Gasteiger partial charge in [0.25, 0.3) is 0 Å². The van der Waals surface area contributed by atoms with Gasteiger partial charge >= 0.3 is 0 Å². The summed E-state index contributed by atoms with van der Waals surface area (Å²) in [7, 11) is 0. The van der Waals surface area contributed by atoms with Crippen LogP contribution in [0.5, 0.6) is 0 Å². The summed E-state index contributed by atoms with van der Waals surface area (Å²) >= 11 is 0. The van der Waals surface area contributed by atoms with E-state index >= 15 is 0 Å². The van der Waals surface area contributed by atoms with Crippen LogP contribution in [0.15, 0.2) is 35.0 Å². The van der Waals surface area contributed by atoms with Crippen molar-refractivity contribution in [2.75, 3.05) is 0 Å². The molecule has 2 aliphatic rings. The fraction of sp³-hybridized carbons (Fsp3) is 0.500. The van der Waals surface area contributed by atoms with E-state index in [0.29, 0.717) is 12.0 Å². The van der Waals surface area contributed by atoms with Gasteiger partial charge in [0.15, 0.2) is 6.17 Å². The second kappa shape index (κ2) is 3.54. The predicted molar refractivity (Wildman–Crippen MR) is 53.2 cm³/mol. The van der Waals surface area contributed by atoms with Crippen LogP contribution in [0.3, 0.4) is 0 Å². The molecule has 0 N–H and O–H groups in total. The van der Waals surface area contributed by atoms with Crippen molar-refractivity contribution in [1.29, 1.82) is 0 Å². The SMILES string of the molecule is CC1=C(F)C2=C(F)C(F)C(C)CC2C=C1.